The van der Waals surface area contributed by atoms with E-state index in [4.69, 9.17) is 17.3 Å². The fraction of sp³-hybridized carbons (Fsp3) is 0.0769. The van der Waals surface area contributed by atoms with Gasteiger partial charge in [-0.1, -0.05) is 35.9 Å². The number of nitrogens with two attached hydrogens (primary N) is 1. The topological polar surface area (TPSA) is 26.0 Å². The highest BCUT2D eigenvalue weighted by molar-refractivity contribution is 6.30. The summed E-state index contributed by atoms with van der Waals surface area (Å²) < 4.78 is 12.7. The zero-order chi connectivity index (χ0) is 11.5. The van der Waals surface area contributed by atoms with Crippen molar-refractivity contribution in [2.75, 3.05) is 0 Å². The van der Waals surface area contributed by atoms with Crippen LogP contribution in [-0.2, 0) is 0 Å². The van der Waals surface area contributed by atoms with Gasteiger partial charge < -0.3 is 5.73 Å². The van der Waals surface area contributed by atoms with E-state index in [1.807, 2.05) is 12.1 Å². The molecule has 2 rings (SSSR count). The lowest BCUT2D eigenvalue weighted by molar-refractivity contribution is 0.626. The zero-order valence-electron chi connectivity index (χ0n) is 8.53. The van der Waals surface area contributed by atoms with Crippen LogP contribution in [0.25, 0.3) is 0 Å². The van der Waals surface area contributed by atoms with Crippen LogP contribution in [0.1, 0.15) is 17.2 Å². The van der Waals surface area contributed by atoms with Crippen molar-refractivity contribution in [3.63, 3.8) is 0 Å². The molecular weight excluding hydrogens is 225 g/mol. The van der Waals surface area contributed by atoms with E-state index >= 15 is 0 Å². The minimum Gasteiger partial charge on any atom is -0.320 e. The molecule has 82 valence electrons. The lowest BCUT2D eigenvalue weighted by atomic mass is 10.00. The van der Waals surface area contributed by atoms with Gasteiger partial charge in [-0.2, -0.15) is 0 Å². The SMILES string of the molecule is N[C@H](c1ccc(F)cc1)c1ccc(Cl)cc1. The summed E-state index contributed by atoms with van der Waals surface area (Å²) in [5, 5.41) is 0.676. The van der Waals surface area contributed by atoms with Crippen LogP contribution in [0.3, 0.4) is 0 Å². The summed E-state index contributed by atoms with van der Waals surface area (Å²) in [6, 6.07) is 13.3. The van der Waals surface area contributed by atoms with Crippen LogP contribution in [-0.4, -0.2) is 0 Å². The molecule has 1 nitrogen and oxygen atoms in total. The third-order valence-corrected chi connectivity index (χ3v) is 2.71. The van der Waals surface area contributed by atoms with Gasteiger partial charge >= 0.3 is 0 Å². The lowest BCUT2D eigenvalue weighted by Crippen LogP contribution is -2.11. The second kappa shape index (κ2) is 4.64. The molecule has 1 atom stereocenters. The number of halogens is 2. The Labute approximate surface area is 98.7 Å². The van der Waals surface area contributed by atoms with Crippen LogP contribution in [0.5, 0.6) is 0 Å². The third-order valence-electron chi connectivity index (χ3n) is 2.46. The quantitative estimate of drug-likeness (QED) is 0.847. The smallest absolute Gasteiger partial charge is 0.123 e. The van der Waals surface area contributed by atoms with E-state index in [1.165, 1.54) is 12.1 Å². The molecule has 2 aromatic carbocycles. The summed E-state index contributed by atoms with van der Waals surface area (Å²) in [4.78, 5) is 0. The van der Waals surface area contributed by atoms with E-state index in [0.717, 1.165) is 11.1 Å². The normalized spacial score (nSPS) is 12.4. The average molecular weight is 236 g/mol. The van der Waals surface area contributed by atoms with Crippen molar-refractivity contribution in [2.45, 2.75) is 6.04 Å². The number of hydrogen-bond donors (Lipinski definition) is 1. The highest BCUT2D eigenvalue weighted by Crippen LogP contribution is 2.21. The Kier molecular flexibility index (Phi) is 3.22. The van der Waals surface area contributed by atoms with Crippen LogP contribution in [0.15, 0.2) is 48.5 Å². The fourth-order valence-electron chi connectivity index (χ4n) is 1.53. The minimum atomic E-state index is -0.257. The van der Waals surface area contributed by atoms with Gasteiger partial charge in [0.1, 0.15) is 5.82 Å². The van der Waals surface area contributed by atoms with Gasteiger partial charge in [0.05, 0.1) is 6.04 Å². The maximum absolute atomic E-state index is 12.7. The van der Waals surface area contributed by atoms with Gasteiger partial charge in [-0.3, -0.25) is 0 Å². The molecule has 0 fully saturated rings. The van der Waals surface area contributed by atoms with Crippen LogP contribution in [0.2, 0.25) is 5.02 Å². The zero-order valence-corrected chi connectivity index (χ0v) is 9.29. The third kappa shape index (κ3) is 2.40. The number of hydrogen-bond acceptors (Lipinski definition) is 1. The first-order valence-corrected chi connectivity index (χ1v) is 5.31. The minimum absolute atomic E-state index is 0.252. The molecule has 2 aromatic rings. The first-order chi connectivity index (χ1) is 7.66. The monoisotopic (exact) mass is 235 g/mol. The van der Waals surface area contributed by atoms with Crippen molar-refractivity contribution in [3.8, 4) is 0 Å². The van der Waals surface area contributed by atoms with Crippen LogP contribution < -0.4 is 5.73 Å². The summed E-state index contributed by atoms with van der Waals surface area (Å²) in [5.74, 6) is -0.257. The lowest BCUT2D eigenvalue weighted by Gasteiger charge is -2.12. The maximum atomic E-state index is 12.7. The van der Waals surface area contributed by atoms with Gasteiger partial charge in [0, 0.05) is 5.02 Å². The van der Waals surface area contributed by atoms with Crippen LogP contribution >= 0.6 is 11.6 Å². The average Bonchev–Trinajstić information content (AvgIpc) is 2.30. The van der Waals surface area contributed by atoms with Crippen molar-refractivity contribution < 1.29 is 4.39 Å². The molecule has 0 aliphatic heterocycles. The molecule has 0 spiro atoms. The Bertz CT molecular complexity index is 419. The highest BCUT2D eigenvalue weighted by atomic mass is 35.5. The van der Waals surface area contributed by atoms with Crippen LogP contribution in [0, 0.1) is 5.82 Å². The standard InChI is InChI=1S/C13H11ClFN/c14-11-5-1-9(2-6-11)13(16)10-3-7-12(15)8-4-10/h1-8,13H,16H2/t13-/m0/s1. The maximum Gasteiger partial charge on any atom is 0.123 e. The van der Waals surface area contributed by atoms with E-state index in [1.54, 1.807) is 24.3 Å². The van der Waals surface area contributed by atoms with E-state index in [2.05, 4.69) is 0 Å². The molecule has 0 saturated carbocycles. The van der Waals surface area contributed by atoms with Crippen molar-refractivity contribution in [3.05, 3.63) is 70.5 Å². The molecule has 2 N–H and O–H groups in total. The van der Waals surface area contributed by atoms with E-state index in [9.17, 15) is 4.39 Å². The van der Waals surface area contributed by atoms with E-state index in [-0.39, 0.29) is 11.9 Å². The van der Waals surface area contributed by atoms with Crippen molar-refractivity contribution in [2.24, 2.45) is 5.73 Å². The predicted octanol–water partition coefficient (Wildman–Crippen LogP) is 3.53. The molecule has 0 aliphatic rings. The highest BCUT2D eigenvalue weighted by Gasteiger charge is 2.08. The van der Waals surface area contributed by atoms with Crippen molar-refractivity contribution in [1.82, 2.24) is 0 Å². The molecule has 0 aromatic heterocycles. The van der Waals surface area contributed by atoms with Gasteiger partial charge in [-0.25, -0.2) is 4.39 Å². The summed E-state index contributed by atoms with van der Waals surface area (Å²) in [5.41, 5.74) is 7.88. The summed E-state index contributed by atoms with van der Waals surface area (Å²) >= 11 is 5.79. The number of rotatable bonds is 2. The molecule has 0 bridgehead atoms. The Morgan fingerprint density at radius 3 is 1.81 bits per heavy atom. The van der Waals surface area contributed by atoms with E-state index in [0.29, 0.717) is 5.02 Å². The largest absolute Gasteiger partial charge is 0.320 e. The summed E-state index contributed by atoms with van der Waals surface area (Å²) in [7, 11) is 0. The first kappa shape index (κ1) is 11.1. The molecule has 3 heteroatoms. The molecule has 0 amide bonds. The summed E-state index contributed by atoms with van der Waals surface area (Å²) in [6.45, 7) is 0. The molecule has 0 aliphatic carbocycles. The van der Waals surface area contributed by atoms with Gasteiger partial charge in [0.2, 0.25) is 0 Å². The number of benzene rings is 2. The Morgan fingerprint density at radius 2 is 1.31 bits per heavy atom. The van der Waals surface area contributed by atoms with Gasteiger partial charge in [0.25, 0.3) is 0 Å². The molecular formula is C13H11ClFN. The Balaban J connectivity index is 2.28. The predicted molar refractivity (Wildman–Crippen MR) is 63.9 cm³/mol. The first-order valence-electron chi connectivity index (χ1n) is 4.93. The Morgan fingerprint density at radius 1 is 0.875 bits per heavy atom. The fourth-order valence-corrected chi connectivity index (χ4v) is 1.66. The molecule has 0 unspecified atom stereocenters. The molecule has 0 saturated heterocycles. The van der Waals surface area contributed by atoms with Crippen molar-refractivity contribution >= 4 is 11.6 Å². The summed E-state index contributed by atoms with van der Waals surface area (Å²) in [6.07, 6.45) is 0. The molecule has 16 heavy (non-hydrogen) atoms. The van der Waals surface area contributed by atoms with Crippen LogP contribution in [0.4, 0.5) is 4.39 Å². The van der Waals surface area contributed by atoms with Gasteiger partial charge in [-0.15, -0.1) is 0 Å². The van der Waals surface area contributed by atoms with Crippen molar-refractivity contribution in [1.29, 1.82) is 0 Å². The van der Waals surface area contributed by atoms with E-state index < -0.39 is 0 Å². The van der Waals surface area contributed by atoms with Gasteiger partial charge in [-0.05, 0) is 35.4 Å². The van der Waals surface area contributed by atoms with Gasteiger partial charge in [0.15, 0.2) is 0 Å². The second-order valence-corrected chi connectivity index (χ2v) is 4.02. The second-order valence-electron chi connectivity index (χ2n) is 3.58. The Hall–Kier alpha value is -1.38. The molecule has 0 radical (unpaired) electrons. The molecule has 0 heterocycles.